The quantitative estimate of drug-likeness (QED) is 0.684. The molecule has 9 heteroatoms. The average molecular weight is 459 g/mol. The number of hydrogen-bond acceptors (Lipinski definition) is 4. The molecule has 6 nitrogen and oxygen atoms in total. The SMILES string of the molecule is CC(C)Oc1ccc(N(CC(=O)Nc2ccc(Br)cc2F)S(C)(=O)=O)cc1. The summed E-state index contributed by atoms with van der Waals surface area (Å²) in [5.41, 5.74) is 0.275. The lowest BCUT2D eigenvalue weighted by Gasteiger charge is -2.22. The van der Waals surface area contributed by atoms with E-state index in [0.29, 0.717) is 15.9 Å². The Morgan fingerprint density at radius 1 is 1.22 bits per heavy atom. The van der Waals surface area contributed by atoms with Crippen LogP contribution in [0.2, 0.25) is 0 Å². The van der Waals surface area contributed by atoms with Gasteiger partial charge in [-0.3, -0.25) is 9.10 Å². The number of hydrogen-bond donors (Lipinski definition) is 1. The minimum Gasteiger partial charge on any atom is -0.491 e. The molecule has 0 fully saturated rings. The molecule has 0 aliphatic carbocycles. The Hall–Kier alpha value is -2.13. The summed E-state index contributed by atoms with van der Waals surface area (Å²) in [6.45, 7) is 3.27. The monoisotopic (exact) mass is 458 g/mol. The van der Waals surface area contributed by atoms with Gasteiger partial charge in [0.25, 0.3) is 0 Å². The average Bonchev–Trinajstić information content (AvgIpc) is 2.55. The summed E-state index contributed by atoms with van der Waals surface area (Å²) < 4.78 is 45.1. The molecule has 1 N–H and O–H groups in total. The van der Waals surface area contributed by atoms with E-state index < -0.39 is 28.3 Å². The Bertz CT molecular complexity index is 917. The summed E-state index contributed by atoms with van der Waals surface area (Å²) >= 11 is 3.13. The Kier molecular flexibility index (Phi) is 6.83. The van der Waals surface area contributed by atoms with Crippen molar-refractivity contribution >= 4 is 43.2 Å². The highest BCUT2D eigenvalue weighted by Gasteiger charge is 2.21. The first-order valence-corrected chi connectivity index (χ1v) is 10.7. The number of sulfonamides is 1. The van der Waals surface area contributed by atoms with Crippen LogP contribution in [0.4, 0.5) is 15.8 Å². The van der Waals surface area contributed by atoms with E-state index in [9.17, 15) is 17.6 Å². The first-order valence-electron chi connectivity index (χ1n) is 8.05. The number of nitrogens with zero attached hydrogens (tertiary/aromatic N) is 1. The lowest BCUT2D eigenvalue weighted by atomic mass is 10.3. The first-order chi connectivity index (χ1) is 12.6. The molecule has 0 heterocycles. The second kappa shape index (κ2) is 8.71. The highest BCUT2D eigenvalue weighted by molar-refractivity contribution is 9.10. The molecule has 2 rings (SSSR count). The van der Waals surface area contributed by atoms with Crippen molar-refractivity contribution in [1.82, 2.24) is 0 Å². The highest BCUT2D eigenvalue weighted by Crippen LogP contribution is 2.23. The zero-order valence-corrected chi connectivity index (χ0v) is 17.5. The van der Waals surface area contributed by atoms with Crippen LogP contribution in [0.25, 0.3) is 0 Å². The zero-order chi connectivity index (χ0) is 20.2. The zero-order valence-electron chi connectivity index (χ0n) is 15.1. The second-order valence-corrected chi connectivity index (χ2v) is 8.92. The molecule has 1 amide bonds. The van der Waals surface area contributed by atoms with Gasteiger partial charge in [-0.05, 0) is 56.3 Å². The van der Waals surface area contributed by atoms with Gasteiger partial charge in [-0.25, -0.2) is 12.8 Å². The summed E-state index contributed by atoms with van der Waals surface area (Å²) in [6, 6.07) is 10.5. The van der Waals surface area contributed by atoms with Crippen LogP contribution in [0.3, 0.4) is 0 Å². The lowest BCUT2D eigenvalue weighted by molar-refractivity contribution is -0.114. The minimum absolute atomic E-state index is 0.0200. The summed E-state index contributed by atoms with van der Waals surface area (Å²) in [7, 11) is -3.73. The number of anilines is 2. The van der Waals surface area contributed by atoms with Crippen molar-refractivity contribution in [3.8, 4) is 5.75 Å². The highest BCUT2D eigenvalue weighted by atomic mass is 79.9. The van der Waals surface area contributed by atoms with Gasteiger partial charge >= 0.3 is 0 Å². The fraction of sp³-hybridized carbons (Fsp3) is 0.278. The molecule has 0 bridgehead atoms. The predicted octanol–water partition coefficient (Wildman–Crippen LogP) is 3.78. The molecular formula is C18H20BrFN2O4S. The van der Waals surface area contributed by atoms with Crippen LogP contribution in [-0.4, -0.2) is 33.2 Å². The third-order valence-corrected chi connectivity index (χ3v) is 5.02. The van der Waals surface area contributed by atoms with Gasteiger partial charge in [0, 0.05) is 4.47 Å². The van der Waals surface area contributed by atoms with Gasteiger partial charge in [-0.2, -0.15) is 0 Å². The van der Waals surface area contributed by atoms with E-state index in [2.05, 4.69) is 21.2 Å². The Morgan fingerprint density at radius 2 is 1.85 bits per heavy atom. The number of benzene rings is 2. The van der Waals surface area contributed by atoms with Gasteiger partial charge in [0.2, 0.25) is 15.9 Å². The van der Waals surface area contributed by atoms with Gasteiger partial charge in [0.05, 0.1) is 23.7 Å². The maximum absolute atomic E-state index is 13.9. The molecule has 0 spiro atoms. The van der Waals surface area contributed by atoms with Crippen molar-refractivity contribution in [2.75, 3.05) is 22.4 Å². The molecular weight excluding hydrogens is 439 g/mol. The Morgan fingerprint density at radius 3 is 2.37 bits per heavy atom. The van der Waals surface area contributed by atoms with Crippen molar-refractivity contribution in [3.05, 3.63) is 52.8 Å². The van der Waals surface area contributed by atoms with Crippen LogP contribution in [-0.2, 0) is 14.8 Å². The number of nitrogens with one attached hydrogen (secondary N) is 1. The van der Waals surface area contributed by atoms with Crippen LogP contribution in [0.5, 0.6) is 5.75 Å². The molecule has 0 aliphatic heterocycles. The third kappa shape index (κ3) is 6.21. The molecule has 27 heavy (non-hydrogen) atoms. The number of halogens is 2. The van der Waals surface area contributed by atoms with Gasteiger partial charge < -0.3 is 10.1 Å². The van der Waals surface area contributed by atoms with Crippen molar-refractivity contribution in [1.29, 1.82) is 0 Å². The second-order valence-electron chi connectivity index (χ2n) is 6.10. The smallest absolute Gasteiger partial charge is 0.245 e. The van der Waals surface area contributed by atoms with Gasteiger partial charge in [-0.15, -0.1) is 0 Å². The fourth-order valence-electron chi connectivity index (χ4n) is 2.27. The fourth-order valence-corrected chi connectivity index (χ4v) is 3.46. The van der Waals surface area contributed by atoms with E-state index in [1.54, 1.807) is 30.3 Å². The van der Waals surface area contributed by atoms with Crippen LogP contribution < -0.4 is 14.4 Å². The maximum Gasteiger partial charge on any atom is 0.245 e. The minimum atomic E-state index is -3.73. The van der Waals surface area contributed by atoms with Gasteiger partial charge in [0.1, 0.15) is 18.1 Å². The van der Waals surface area contributed by atoms with Crippen LogP contribution >= 0.6 is 15.9 Å². The lowest BCUT2D eigenvalue weighted by Crippen LogP contribution is -2.37. The summed E-state index contributed by atoms with van der Waals surface area (Å²) in [5.74, 6) is -0.702. The molecule has 0 atom stereocenters. The number of ether oxygens (including phenoxy) is 1. The molecule has 2 aromatic carbocycles. The summed E-state index contributed by atoms with van der Waals surface area (Å²) in [6.07, 6.45) is 0.979. The van der Waals surface area contributed by atoms with Gasteiger partial charge in [0.15, 0.2) is 0 Å². The molecule has 0 aliphatic rings. The Labute approximate surface area is 166 Å². The predicted molar refractivity (Wildman–Crippen MR) is 107 cm³/mol. The number of carbonyl (C=O) groups excluding carboxylic acids is 1. The van der Waals surface area contributed by atoms with E-state index >= 15 is 0 Å². The molecule has 0 saturated carbocycles. The van der Waals surface area contributed by atoms with Gasteiger partial charge in [-0.1, -0.05) is 15.9 Å². The van der Waals surface area contributed by atoms with E-state index in [-0.39, 0.29) is 11.8 Å². The molecule has 0 aromatic heterocycles. The summed E-state index contributed by atoms with van der Waals surface area (Å²) in [5, 5.41) is 2.38. The van der Waals surface area contributed by atoms with E-state index in [4.69, 9.17) is 4.74 Å². The summed E-state index contributed by atoms with van der Waals surface area (Å²) in [4.78, 5) is 12.3. The molecule has 0 radical (unpaired) electrons. The van der Waals surface area contributed by atoms with Crippen LogP contribution in [0.15, 0.2) is 46.9 Å². The van der Waals surface area contributed by atoms with E-state index in [0.717, 1.165) is 10.6 Å². The Balaban J connectivity index is 2.18. The van der Waals surface area contributed by atoms with Crippen LogP contribution in [0, 0.1) is 5.82 Å². The third-order valence-electron chi connectivity index (χ3n) is 3.39. The number of amides is 1. The molecule has 146 valence electrons. The maximum atomic E-state index is 13.9. The first kappa shape index (κ1) is 21.2. The van der Waals surface area contributed by atoms with Crippen molar-refractivity contribution < 1.29 is 22.3 Å². The molecule has 2 aromatic rings. The number of carbonyl (C=O) groups is 1. The van der Waals surface area contributed by atoms with Crippen molar-refractivity contribution in [2.45, 2.75) is 20.0 Å². The van der Waals surface area contributed by atoms with Crippen LogP contribution in [0.1, 0.15) is 13.8 Å². The molecule has 0 saturated heterocycles. The largest absolute Gasteiger partial charge is 0.491 e. The standard InChI is InChI=1S/C18H20BrFN2O4S/c1-12(2)26-15-7-5-14(6-8-15)22(27(3,24)25)11-18(23)21-17-9-4-13(19)10-16(17)20/h4-10,12H,11H2,1-3H3,(H,21,23). The van der Waals surface area contributed by atoms with Crippen molar-refractivity contribution in [2.24, 2.45) is 0 Å². The van der Waals surface area contributed by atoms with Crippen molar-refractivity contribution in [3.63, 3.8) is 0 Å². The topological polar surface area (TPSA) is 75.7 Å². The van der Waals surface area contributed by atoms with E-state index in [1.165, 1.54) is 12.1 Å². The molecule has 0 unspecified atom stereocenters. The van der Waals surface area contributed by atoms with E-state index in [1.807, 2.05) is 13.8 Å². The normalized spacial score (nSPS) is 11.3. The number of rotatable bonds is 7.